The monoisotopic (exact) mass is 308 g/mol. The molecule has 2 aromatic rings. The van der Waals surface area contributed by atoms with E-state index < -0.39 is 0 Å². The Morgan fingerprint density at radius 3 is 2.26 bits per heavy atom. The van der Waals surface area contributed by atoms with E-state index in [-0.39, 0.29) is 12.1 Å². The third-order valence-corrected chi connectivity index (χ3v) is 3.68. The second-order valence-corrected chi connectivity index (χ2v) is 6.05. The summed E-state index contributed by atoms with van der Waals surface area (Å²) < 4.78 is 0. The molecule has 0 radical (unpaired) electrons. The number of allylic oxidation sites excluding steroid dienone is 1. The van der Waals surface area contributed by atoms with E-state index in [4.69, 9.17) is 0 Å². The van der Waals surface area contributed by atoms with Gasteiger partial charge in [-0.05, 0) is 50.5 Å². The predicted molar refractivity (Wildman–Crippen MR) is 97.6 cm³/mol. The second-order valence-electron chi connectivity index (χ2n) is 6.05. The van der Waals surface area contributed by atoms with Gasteiger partial charge in [-0.25, -0.2) is 4.79 Å². The molecule has 23 heavy (non-hydrogen) atoms. The molecule has 0 aliphatic heterocycles. The van der Waals surface area contributed by atoms with Gasteiger partial charge in [0.15, 0.2) is 0 Å². The molecule has 0 spiro atoms. The van der Waals surface area contributed by atoms with E-state index in [0.717, 1.165) is 23.2 Å². The lowest BCUT2D eigenvalue weighted by molar-refractivity contribution is 0.249. The molecule has 2 N–H and O–H groups in total. The minimum absolute atomic E-state index is 0.0520. The van der Waals surface area contributed by atoms with Crippen LogP contribution in [0.3, 0.4) is 0 Å². The van der Waals surface area contributed by atoms with Crippen LogP contribution in [-0.4, -0.2) is 12.1 Å². The summed E-state index contributed by atoms with van der Waals surface area (Å²) in [4.78, 5) is 12.0. The van der Waals surface area contributed by atoms with E-state index in [1.807, 2.05) is 45.0 Å². The molecule has 1 atom stereocenters. The van der Waals surface area contributed by atoms with Crippen molar-refractivity contribution in [2.75, 3.05) is 5.32 Å². The number of nitrogens with one attached hydrogen (secondary N) is 2. The van der Waals surface area contributed by atoms with Crippen molar-refractivity contribution in [3.05, 3.63) is 71.8 Å². The number of carbonyl (C=O) groups excluding carboxylic acids is 1. The van der Waals surface area contributed by atoms with Crippen molar-refractivity contribution < 1.29 is 4.79 Å². The zero-order valence-corrected chi connectivity index (χ0v) is 14.0. The van der Waals surface area contributed by atoms with Gasteiger partial charge in [0, 0.05) is 11.7 Å². The zero-order chi connectivity index (χ0) is 16.8. The molecule has 0 aliphatic carbocycles. The molecule has 0 bridgehead atoms. The number of anilines is 1. The summed E-state index contributed by atoms with van der Waals surface area (Å²) in [6.45, 7) is 9.95. The highest BCUT2D eigenvalue weighted by molar-refractivity contribution is 5.89. The molecule has 3 nitrogen and oxygen atoms in total. The lowest BCUT2D eigenvalue weighted by Gasteiger charge is -2.15. The average Bonchev–Trinajstić information content (AvgIpc) is 2.50. The van der Waals surface area contributed by atoms with Gasteiger partial charge in [-0.1, -0.05) is 54.1 Å². The van der Waals surface area contributed by atoms with Crippen LogP contribution in [0.2, 0.25) is 0 Å². The van der Waals surface area contributed by atoms with Crippen molar-refractivity contribution >= 4 is 17.3 Å². The first-order valence-corrected chi connectivity index (χ1v) is 7.83. The summed E-state index contributed by atoms with van der Waals surface area (Å²) in [6.07, 6.45) is 0.789. The Morgan fingerprint density at radius 1 is 1.09 bits per heavy atom. The van der Waals surface area contributed by atoms with E-state index in [2.05, 4.69) is 41.5 Å². The number of rotatable bonds is 5. The molecular formula is C20H24N2O. The third-order valence-electron chi connectivity index (χ3n) is 3.68. The van der Waals surface area contributed by atoms with Gasteiger partial charge in [0.1, 0.15) is 0 Å². The van der Waals surface area contributed by atoms with Crippen LogP contribution in [0, 0.1) is 6.92 Å². The largest absolute Gasteiger partial charge is 0.335 e. The summed E-state index contributed by atoms with van der Waals surface area (Å²) in [5.74, 6) is 0. The first-order valence-electron chi connectivity index (χ1n) is 7.83. The maximum atomic E-state index is 12.0. The lowest BCUT2D eigenvalue weighted by atomic mass is 10.0. The van der Waals surface area contributed by atoms with Crippen molar-refractivity contribution in [3.8, 4) is 0 Å². The Hall–Kier alpha value is -2.55. The van der Waals surface area contributed by atoms with Gasteiger partial charge < -0.3 is 10.6 Å². The standard InChI is InChI=1S/C20H24N2O/c1-14(2)18-9-7-17(8-10-18)13-16(4)21-20(23)22-19-11-5-15(3)6-12-19/h5-12,16H,1,13H2,2-4H3,(H2,21,22,23). The number of hydrogen-bond donors (Lipinski definition) is 2. The topological polar surface area (TPSA) is 41.1 Å². The summed E-state index contributed by atoms with van der Waals surface area (Å²) in [5, 5.41) is 5.81. The minimum Gasteiger partial charge on any atom is -0.335 e. The van der Waals surface area contributed by atoms with Crippen molar-refractivity contribution in [1.82, 2.24) is 5.32 Å². The van der Waals surface area contributed by atoms with Crippen LogP contribution in [0.1, 0.15) is 30.5 Å². The SMILES string of the molecule is C=C(C)c1ccc(CC(C)NC(=O)Nc2ccc(C)cc2)cc1. The zero-order valence-electron chi connectivity index (χ0n) is 14.0. The predicted octanol–water partition coefficient (Wildman–Crippen LogP) is 4.78. The molecule has 0 aliphatic rings. The smallest absolute Gasteiger partial charge is 0.319 e. The van der Waals surface area contributed by atoms with Gasteiger partial charge in [-0.3, -0.25) is 0 Å². The van der Waals surface area contributed by atoms with Crippen molar-refractivity contribution in [2.24, 2.45) is 0 Å². The fourth-order valence-electron chi connectivity index (χ4n) is 2.36. The number of urea groups is 1. The van der Waals surface area contributed by atoms with Crippen LogP contribution in [0.4, 0.5) is 10.5 Å². The summed E-state index contributed by atoms with van der Waals surface area (Å²) in [6, 6.07) is 15.9. The Bertz CT molecular complexity index is 672. The maximum Gasteiger partial charge on any atom is 0.319 e. The normalized spacial score (nSPS) is 11.6. The maximum absolute atomic E-state index is 12.0. The first-order chi connectivity index (χ1) is 10.9. The number of amides is 2. The molecule has 0 aromatic heterocycles. The second kappa shape index (κ2) is 7.63. The number of benzene rings is 2. The van der Waals surface area contributed by atoms with Gasteiger partial charge in [0.2, 0.25) is 0 Å². The number of aryl methyl sites for hydroxylation is 1. The quantitative estimate of drug-likeness (QED) is 0.820. The summed E-state index contributed by atoms with van der Waals surface area (Å²) in [5.41, 5.74) is 5.36. The minimum atomic E-state index is -0.181. The fraction of sp³-hybridized carbons (Fsp3) is 0.250. The van der Waals surface area contributed by atoms with Gasteiger partial charge >= 0.3 is 6.03 Å². The number of hydrogen-bond acceptors (Lipinski definition) is 1. The Kier molecular flexibility index (Phi) is 5.58. The van der Waals surface area contributed by atoms with E-state index in [1.54, 1.807) is 0 Å². The molecule has 0 fully saturated rings. The van der Waals surface area contributed by atoms with Gasteiger partial charge in [-0.2, -0.15) is 0 Å². The molecule has 2 amide bonds. The summed E-state index contributed by atoms with van der Waals surface area (Å²) >= 11 is 0. The molecule has 2 rings (SSSR count). The fourth-order valence-corrected chi connectivity index (χ4v) is 2.36. The molecule has 0 heterocycles. The van der Waals surface area contributed by atoms with E-state index >= 15 is 0 Å². The Labute approximate surface area is 138 Å². The molecule has 1 unspecified atom stereocenters. The Balaban J connectivity index is 1.86. The average molecular weight is 308 g/mol. The lowest BCUT2D eigenvalue weighted by Crippen LogP contribution is -2.37. The molecule has 2 aromatic carbocycles. The van der Waals surface area contributed by atoms with Crippen LogP contribution < -0.4 is 10.6 Å². The van der Waals surface area contributed by atoms with E-state index in [0.29, 0.717) is 0 Å². The van der Waals surface area contributed by atoms with Crippen molar-refractivity contribution in [2.45, 2.75) is 33.2 Å². The van der Waals surface area contributed by atoms with Crippen LogP contribution in [-0.2, 0) is 6.42 Å². The molecular weight excluding hydrogens is 284 g/mol. The van der Waals surface area contributed by atoms with Crippen LogP contribution in [0.15, 0.2) is 55.1 Å². The molecule has 3 heteroatoms. The summed E-state index contributed by atoms with van der Waals surface area (Å²) in [7, 11) is 0. The van der Waals surface area contributed by atoms with Gasteiger partial charge in [-0.15, -0.1) is 0 Å². The van der Waals surface area contributed by atoms with Crippen LogP contribution >= 0.6 is 0 Å². The van der Waals surface area contributed by atoms with E-state index in [9.17, 15) is 4.79 Å². The van der Waals surface area contributed by atoms with Gasteiger partial charge in [0.25, 0.3) is 0 Å². The van der Waals surface area contributed by atoms with Crippen molar-refractivity contribution in [3.63, 3.8) is 0 Å². The van der Waals surface area contributed by atoms with Crippen LogP contribution in [0.25, 0.3) is 5.57 Å². The van der Waals surface area contributed by atoms with Crippen molar-refractivity contribution in [1.29, 1.82) is 0 Å². The molecule has 0 saturated heterocycles. The first kappa shape index (κ1) is 16.8. The molecule has 120 valence electrons. The van der Waals surface area contributed by atoms with Gasteiger partial charge in [0.05, 0.1) is 0 Å². The highest BCUT2D eigenvalue weighted by Gasteiger charge is 2.08. The molecule has 0 saturated carbocycles. The van der Waals surface area contributed by atoms with Crippen LogP contribution in [0.5, 0.6) is 0 Å². The highest BCUT2D eigenvalue weighted by Crippen LogP contribution is 2.13. The van der Waals surface area contributed by atoms with E-state index in [1.165, 1.54) is 11.1 Å². The Morgan fingerprint density at radius 2 is 1.70 bits per heavy atom. The highest BCUT2D eigenvalue weighted by atomic mass is 16.2. The third kappa shape index (κ3) is 5.29. The number of carbonyl (C=O) groups is 1.